The Bertz CT molecular complexity index is 357. The molecule has 1 aromatic heterocycles. The minimum atomic E-state index is -2.72. The lowest BCUT2D eigenvalue weighted by molar-refractivity contribution is 0.108. The van der Waals surface area contributed by atoms with Gasteiger partial charge in [-0.2, -0.15) is 0 Å². The highest BCUT2D eigenvalue weighted by Gasteiger charge is 2.16. The van der Waals surface area contributed by atoms with Gasteiger partial charge in [0.15, 0.2) is 0 Å². The molecule has 0 aliphatic heterocycles. The molecule has 0 amide bonds. The minimum absolute atomic E-state index is 0.0586. The first kappa shape index (κ1) is 11.3. The Labute approximate surface area is 88.8 Å². The fourth-order valence-electron chi connectivity index (χ4n) is 0.918. The van der Waals surface area contributed by atoms with Crippen molar-refractivity contribution in [1.29, 1.82) is 0 Å². The molecule has 0 saturated heterocycles. The summed E-state index contributed by atoms with van der Waals surface area (Å²) < 4.78 is 24.8. The molecule has 0 saturated carbocycles. The lowest BCUT2D eigenvalue weighted by Crippen LogP contribution is -2.00. The number of nitrogens with zero attached hydrogens (tertiary/aromatic N) is 1. The van der Waals surface area contributed by atoms with E-state index in [1.165, 1.54) is 0 Å². The van der Waals surface area contributed by atoms with Crippen molar-refractivity contribution in [2.24, 2.45) is 0 Å². The molecule has 1 heterocycles. The van der Waals surface area contributed by atoms with Crippen LogP contribution in [-0.4, -0.2) is 10.2 Å². The highest BCUT2D eigenvalue weighted by atomic mass is 35.5. The molecule has 0 aromatic carbocycles. The van der Waals surface area contributed by atoms with E-state index in [-0.39, 0.29) is 22.7 Å². The second kappa shape index (κ2) is 4.66. The van der Waals surface area contributed by atoms with Crippen molar-refractivity contribution >= 4 is 28.4 Å². The molecular weight excluding hydrogens is 235 g/mol. The lowest BCUT2D eigenvalue weighted by Gasteiger charge is -2.05. The standard InChI is InChI=1S/C8H5Cl2F2NO/c9-2-6-5(8(11)12)1-4(3-13-6)7(10)14/h1,3,8H,2H2. The summed E-state index contributed by atoms with van der Waals surface area (Å²) in [4.78, 5) is 14.3. The largest absolute Gasteiger partial charge is 0.276 e. The number of hydrogen-bond acceptors (Lipinski definition) is 2. The first-order valence-electron chi connectivity index (χ1n) is 3.59. The fraction of sp³-hybridized carbons (Fsp3) is 0.250. The molecule has 0 N–H and O–H groups in total. The summed E-state index contributed by atoms with van der Waals surface area (Å²) in [7, 11) is 0. The highest BCUT2D eigenvalue weighted by Crippen LogP contribution is 2.24. The molecule has 76 valence electrons. The summed E-state index contributed by atoms with van der Waals surface area (Å²) >= 11 is 10.5. The van der Waals surface area contributed by atoms with Gasteiger partial charge in [-0.25, -0.2) is 8.78 Å². The summed E-state index contributed by atoms with van der Waals surface area (Å²) in [5.41, 5.74) is -0.356. The zero-order chi connectivity index (χ0) is 10.7. The Morgan fingerprint density at radius 2 is 2.21 bits per heavy atom. The third kappa shape index (κ3) is 2.39. The van der Waals surface area contributed by atoms with Crippen molar-refractivity contribution in [3.05, 3.63) is 29.1 Å². The number of alkyl halides is 3. The Hall–Kier alpha value is -0.740. The van der Waals surface area contributed by atoms with Gasteiger partial charge >= 0.3 is 0 Å². The Morgan fingerprint density at radius 3 is 2.64 bits per heavy atom. The predicted octanol–water partition coefficient (Wildman–Crippen LogP) is 3.14. The van der Waals surface area contributed by atoms with E-state index in [0.717, 1.165) is 12.3 Å². The second-order valence-electron chi connectivity index (χ2n) is 2.47. The van der Waals surface area contributed by atoms with Crippen LogP contribution in [0.5, 0.6) is 0 Å². The van der Waals surface area contributed by atoms with Gasteiger partial charge in [-0.15, -0.1) is 11.6 Å². The smallest absolute Gasteiger partial charge is 0.265 e. The lowest BCUT2D eigenvalue weighted by atomic mass is 10.1. The van der Waals surface area contributed by atoms with Crippen LogP contribution >= 0.6 is 23.2 Å². The Balaban J connectivity index is 3.20. The maximum absolute atomic E-state index is 12.4. The average molecular weight is 240 g/mol. The Morgan fingerprint density at radius 1 is 1.57 bits per heavy atom. The molecule has 1 aromatic rings. The second-order valence-corrected chi connectivity index (χ2v) is 3.08. The van der Waals surface area contributed by atoms with Crippen LogP contribution in [0.15, 0.2) is 12.3 Å². The number of carbonyl (C=O) groups excluding carboxylic acids is 1. The SMILES string of the molecule is O=C(Cl)c1cnc(CCl)c(C(F)F)c1. The van der Waals surface area contributed by atoms with Crippen LogP contribution < -0.4 is 0 Å². The normalized spacial score (nSPS) is 10.6. The van der Waals surface area contributed by atoms with Gasteiger partial charge in [-0.3, -0.25) is 9.78 Å². The van der Waals surface area contributed by atoms with Crippen molar-refractivity contribution in [3.63, 3.8) is 0 Å². The van der Waals surface area contributed by atoms with Crippen molar-refractivity contribution in [1.82, 2.24) is 4.98 Å². The minimum Gasteiger partial charge on any atom is -0.276 e. The van der Waals surface area contributed by atoms with Gasteiger partial charge in [0.05, 0.1) is 17.1 Å². The monoisotopic (exact) mass is 239 g/mol. The predicted molar refractivity (Wildman–Crippen MR) is 48.9 cm³/mol. The van der Waals surface area contributed by atoms with Gasteiger partial charge in [-0.1, -0.05) is 0 Å². The van der Waals surface area contributed by atoms with Crippen LogP contribution in [0.2, 0.25) is 0 Å². The first-order chi connectivity index (χ1) is 6.56. The van der Waals surface area contributed by atoms with Crippen molar-refractivity contribution in [2.45, 2.75) is 12.3 Å². The van der Waals surface area contributed by atoms with Gasteiger partial charge in [0, 0.05) is 11.8 Å². The Kier molecular flexibility index (Phi) is 3.77. The molecule has 6 heteroatoms. The van der Waals surface area contributed by atoms with Crippen molar-refractivity contribution < 1.29 is 13.6 Å². The molecule has 0 bridgehead atoms. The van der Waals surface area contributed by atoms with Gasteiger partial charge in [0.2, 0.25) is 0 Å². The number of aromatic nitrogens is 1. The molecule has 14 heavy (non-hydrogen) atoms. The maximum Gasteiger partial charge on any atom is 0.265 e. The quantitative estimate of drug-likeness (QED) is 0.600. The van der Waals surface area contributed by atoms with E-state index in [1.807, 2.05) is 0 Å². The molecule has 0 aliphatic rings. The highest BCUT2D eigenvalue weighted by molar-refractivity contribution is 6.67. The van der Waals surface area contributed by atoms with E-state index < -0.39 is 11.7 Å². The number of halogens is 4. The zero-order valence-corrected chi connectivity index (χ0v) is 8.32. The number of hydrogen-bond donors (Lipinski definition) is 0. The summed E-state index contributed by atoms with van der Waals surface area (Å²) in [5.74, 6) is -0.129. The fourth-order valence-corrected chi connectivity index (χ4v) is 1.24. The van der Waals surface area contributed by atoms with Gasteiger partial charge < -0.3 is 0 Å². The van der Waals surface area contributed by atoms with E-state index in [9.17, 15) is 13.6 Å². The van der Waals surface area contributed by atoms with Crippen molar-refractivity contribution in [2.75, 3.05) is 0 Å². The third-order valence-corrected chi connectivity index (χ3v) is 2.06. The van der Waals surface area contributed by atoms with Crippen molar-refractivity contribution in [3.8, 4) is 0 Å². The molecule has 0 aliphatic carbocycles. The molecule has 0 atom stereocenters. The zero-order valence-electron chi connectivity index (χ0n) is 6.81. The van der Waals surface area contributed by atoms with Crippen LogP contribution in [0.4, 0.5) is 8.78 Å². The van der Waals surface area contributed by atoms with Crippen LogP contribution in [0, 0.1) is 0 Å². The summed E-state index contributed by atoms with van der Waals surface area (Å²) in [6.07, 6.45) is -1.59. The van der Waals surface area contributed by atoms with Crippen LogP contribution in [0.3, 0.4) is 0 Å². The number of pyridine rings is 1. The number of rotatable bonds is 3. The first-order valence-corrected chi connectivity index (χ1v) is 4.50. The molecule has 0 unspecified atom stereocenters. The van der Waals surface area contributed by atoms with E-state index in [1.54, 1.807) is 0 Å². The van der Waals surface area contributed by atoms with Gasteiger partial charge in [-0.05, 0) is 17.7 Å². The van der Waals surface area contributed by atoms with Crippen LogP contribution in [0.25, 0.3) is 0 Å². The van der Waals surface area contributed by atoms with Gasteiger partial charge in [0.25, 0.3) is 11.7 Å². The molecular formula is C8H5Cl2F2NO. The van der Waals surface area contributed by atoms with Gasteiger partial charge in [0.1, 0.15) is 0 Å². The summed E-state index contributed by atoms with van der Waals surface area (Å²) in [6, 6.07) is 1.00. The van der Waals surface area contributed by atoms with E-state index in [0.29, 0.717) is 0 Å². The molecule has 2 nitrogen and oxygen atoms in total. The van der Waals surface area contributed by atoms with Crippen LogP contribution in [-0.2, 0) is 5.88 Å². The maximum atomic E-state index is 12.4. The van der Waals surface area contributed by atoms with Crippen LogP contribution in [0.1, 0.15) is 28.0 Å². The summed E-state index contributed by atoms with van der Waals surface area (Å²) in [6.45, 7) is 0. The van der Waals surface area contributed by atoms with E-state index in [4.69, 9.17) is 23.2 Å². The average Bonchev–Trinajstić information content (AvgIpc) is 2.16. The molecule has 0 radical (unpaired) electrons. The number of carbonyl (C=O) groups is 1. The summed E-state index contributed by atoms with van der Waals surface area (Å²) in [5, 5.41) is -0.819. The molecule has 0 spiro atoms. The van der Waals surface area contributed by atoms with E-state index >= 15 is 0 Å². The topological polar surface area (TPSA) is 30.0 Å². The molecule has 1 rings (SSSR count). The molecule has 0 fully saturated rings. The third-order valence-electron chi connectivity index (χ3n) is 1.59. The van der Waals surface area contributed by atoms with E-state index in [2.05, 4.69) is 4.98 Å².